The molecular formula is C13H11F3N2. The van der Waals surface area contributed by atoms with E-state index in [0.717, 1.165) is 12.1 Å². The predicted molar refractivity (Wildman–Crippen MR) is 62.6 cm³/mol. The molecule has 94 valence electrons. The molecule has 5 heteroatoms. The van der Waals surface area contributed by atoms with Crippen molar-refractivity contribution < 1.29 is 13.2 Å². The molecule has 2 aromatic rings. The summed E-state index contributed by atoms with van der Waals surface area (Å²) in [5, 5.41) is 0. The van der Waals surface area contributed by atoms with Gasteiger partial charge in [0.15, 0.2) is 0 Å². The second-order valence-corrected chi connectivity index (χ2v) is 3.79. The van der Waals surface area contributed by atoms with E-state index in [9.17, 15) is 13.2 Å². The number of hydrogen-bond acceptors (Lipinski definition) is 2. The fourth-order valence-corrected chi connectivity index (χ4v) is 1.58. The van der Waals surface area contributed by atoms with Crippen molar-refractivity contribution in [1.29, 1.82) is 0 Å². The van der Waals surface area contributed by atoms with Crippen molar-refractivity contribution in [2.45, 2.75) is 12.7 Å². The van der Waals surface area contributed by atoms with Crippen LogP contribution in [0.15, 0.2) is 42.5 Å². The van der Waals surface area contributed by atoms with Gasteiger partial charge in [-0.2, -0.15) is 13.2 Å². The monoisotopic (exact) mass is 252 g/mol. The lowest BCUT2D eigenvalue weighted by Gasteiger charge is -2.08. The number of alkyl halides is 3. The number of halogens is 3. The summed E-state index contributed by atoms with van der Waals surface area (Å²) in [6.45, 7) is 0.300. The second kappa shape index (κ2) is 4.78. The fraction of sp³-hybridized carbons (Fsp3) is 0.154. The first-order valence-electron chi connectivity index (χ1n) is 5.34. The maximum atomic E-state index is 12.4. The van der Waals surface area contributed by atoms with Crippen molar-refractivity contribution in [3.63, 3.8) is 0 Å². The maximum Gasteiger partial charge on any atom is 0.416 e. The van der Waals surface area contributed by atoms with Crippen LogP contribution in [0.2, 0.25) is 0 Å². The van der Waals surface area contributed by atoms with Gasteiger partial charge in [0.25, 0.3) is 0 Å². The molecule has 0 saturated heterocycles. The normalized spacial score (nSPS) is 11.6. The molecule has 1 aromatic carbocycles. The zero-order valence-corrected chi connectivity index (χ0v) is 9.41. The van der Waals surface area contributed by atoms with E-state index in [2.05, 4.69) is 4.98 Å². The van der Waals surface area contributed by atoms with Crippen LogP contribution in [0.5, 0.6) is 0 Å². The molecule has 1 aromatic heterocycles. The SMILES string of the molecule is NCc1cccc(-c2ccc(C(F)(F)F)cc2)n1. The highest BCUT2D eigenvalue weighted by atomic mass is 19.4. The molecule has 0 unspecified atom stereocenters. The van der Waals surface area contributed by atoms with Crippen molar-refractivity contribution in [3.05, 3.63) is 53.7 Å². The third kappa shape index (κ3) is 2.68. The Hall–Kier alpha value is -1.88. The first-order valence-corrected chi connectivity index (χ1v) is 5.34. The quantitative estimate of drug-likeness (QED) is 0.891. The van der Waals surface area contributed by atoms with Crippen LogP contribution in [0.4, 0.5) is 13.2 Å². The van der Waals surface area contributed by atoms with Crippen LogP contribution in [-0.2, 0) is 12.7 Å². The highest BCUT2D eigenvalue weighted by Gasteiger charge is 2.29. The van der Waals surface area contributed by atoms with Gasteiger partial charge in [-0.05, 0) is 24.3 Å². The van der Waals surface area contributed by atoms with Crippen molar-refractivity contribution >= 4 is 0 Å². The lowest BCUT2D eigenvalue weighted by molar-refractivity contribution is -0.137. The molecule has 0 aliphatic heterocycles. The fourth-order valence-electron chi connectivity index (χ4n) is 1.58. The van der Waals surface area contributed by atoms with Gasteiger partial charge in [-0.15, -0.1) is 0 Å². The molecule has 2 nitrogen and oxygen atoms in total. The Kier molecular flexibility index (Phi) is 3.34. The van der Waals surface area contributed by atoms with Gasteiger partial charge in [0.1, 0.15) is 0 Å². The van der Waals surface area contributed by atoms with Crippen LogP contribution in [0.1, 0.15) is 11.3 Å². The minimum absolute atomic E-state index is 0.300. The van der Waals surface area contributed by atoms with Crippen LogP contribution in [0.3, 0.4) is 0 Å². The van der Waals surface area contributed by atoms with Crippen LogP contribution < -0.4 is 5.73 Å². The van der Waals surface area contributed by atoms with Gasteiger partial charge in [-0.1, -0.05) is 18.2 Å². The highest BCUT2D eigenvalue weighted by molar-refractivity contribution is 5.59. The van der Waals surface area contributed by atoms with Gasteiger partial charge in [0.2, 0.25) is 0 Å². The third-order valence-corrected chi connectivity index (χ3v) is 2.52. The Morgan fingerprint density at radius 3 is 2.22 bits per heavy atom. The molecule has 2 N–H and O–H groups in total. The number of nitrogens with two attached hydrogens (primary N) is 1. The van der Waals surface area contributed by atoms with E-state index in [4.69, 9.17) is 5.73 Å². The van der Waals surface area contributed by atoms with E-state index < -0.39 is 11.7 Å². The van der Waals surface area contributed by atoms with Gasteiger partial charge in [0.05, 0.1) is 17.0 Å². The summed E-state index contributed by atoms with van der Waals surface area (Å²) in [6, 6.07) is 10.2. The summed E-state index contributed by atoms with van der Waals surface area (Å²) in [5.74, 6) is 0. The van der Waals surface area contributed by atoms with Gasteiger partial charge in [-0.3, -0.25) is 4.98 Å². The molecule has 0 radical (unpaired) electrons. The smallest absolute Gasteiger partial charge is 0.325 e. The minimum atomic E-state index is -4.31. The van der Waals surface area contributed by atoms with Crippen LogP contribution in [-0.4, -0.2) is 4.98 Å². The first-order chi connectivity index (χ1) is 8.50. The standard InChI is InChI=1S/C13H11F3N2/c14-13(15,16)10-6-4-9(5-7-10)12-3-1-2-11(8-17)18-12/h1-7H,8,17H2. The number of nitrogens with zero attached hydrogens (tertiary/aromatic N) is 1. The Morgan fingerprint density at radius 1 is 1.00 bits per heavy atom. The van der Waals surface area contributed by atoms with Crippen molar-refractivity contribution in [2.75, 3.05) is 0 Å². The van der Waals surface area contributed by atoms with E-state index in [1.807, 2.05) is 0 Å². The zero-order valence-electron chi connectivity index (χ0n) is 9.41. The van der Waals surface area contributed by atoms with E-state index in [-0.39, 0.29) is 0 Å². The van der Waals surface area contributed by atoms with E-state index in [1.165, 1.54) is 12.1 Å². The summed E-state index contributed by atoms with van der Waals surface area (Å²) in [4.78, 5) is 4.25. The number of rotatable bonds is 2. The minimum Gasteiger partial charge on any atom is -0.325 e. The average Bonchev–Trinajstić information content (AvgIpc) is 2.38. The number of hydrogen-bond donors (Lipinski definition) is 1. The van der Waals surface area contributed by atoms with Crippen molar-refractivity contribution in [1.82, 2.24) is 4.98 Å². The lowest BCUT2D eigenvalue weighted by atomic mass is 10.1. The molecule has 0 fully saturated rings. The molecular weight excluding hydrogens is 241 g/mol. The molecule has 0 aliphatic rings. The largest absolute Gasteiger partial charge is 0.416 e. The van der Waals surface area contributed by atoms with Crippen molar-refractivity contribution in [3.8, 4) is 11.3 Å². The maximum absolute atomic E-state index is 12.4. The van der Waals surface area contributed by atoms with Gasteiger partial charge >= 0.3 is 6.18 Å². The number of pyridine rings is 1. The summed E-state index contributed by atoms with van der Waals surface area (Å²) >= 11 is 0. The lowest BCUT2D eigenvalue weighted by Crippen LogP contribution is -2.04. The summed E-state index contributed by atoms with van der Waals surface area (Å²) < 4.78 is 37.2. The van der Waals surface area contributed by atoms with Gasteiger partial charge in [-0.25, -0.2) is 0 Å². The highest BCUT2D eigenvalue weighted by Crippen LogP contribution is 2.30. The Bertz CT molecular complexity index is 533. The summed E-state index contributed by atoms with van der Waals surface area (Å²) in [6.07, 6.45) is -4.31. The van der Waals surface area contributed by atoms with E-state index in [1.54, 1.807) is 18.2 Å². The van der Waals surface area contributed by atoms with Crippen LogP contribution in [0, 0.1) is 0 Å². The zero-order chi connectivity index (χ0) is 13.2. The topological polar surface area (TPSA) is 38.9 Å². The van der Waals surface area contributed by atoms with Gasteiger partial charge in [0, 0.05) is 12.1 Å². The van der Waals surface area contributed by atoms with Crippen LogP contribution in [0.25, 0.3) is 11.3 Å². The average molecular weight is 252 g/mol. The molecule has 0 amide bonds. The molecule has 0 spiro atoms. The Labute approximate surface area is 102 Å². The predicted octanol–water partition coefficient (Wildman–Crippen LogP) is 3.23. The molecule has 18 heavy (non-hydrogen) atoms. The van der Waals surface area contributed by atoms with Crippen molar-refractivity contribution in [2.24, 2.45) is 5.73 Å². The van der Waals surface area contributed by atoms with Crippen LogP contribution >= 0.6 is 0 Å². The van der Waals surface area contributed by atoms with Gasteiger partial charge < -0.3 is 5.73 Å². The number of benzene rings is 1. The molecule has 0 aliphatic carbocycles. The Morgan fingerprint density at radius 2 is 1.67 bits per heavy atom. The summed E-state index contributed by atoms with van der Waals surface area (Å²) in [7, 11) is 0. The first kappa shape index (κ1) is 12.6. The molecule has 0 atom stereocenters. The number of aromatic nitrogens is 1. The molecule has 0 bridgehead atoms. The second-order valence-electron chi connectivity index (χ2n) is 3.79. The molecule has 0 saturated carbocycles. The van der Waals surface area contributed by atoms with E-state index in [0.29, 0.717) is 23.5 Å². The Balaban J connectivity index is 2.34. The summed E-state index contributed by atoms with van der Waals surface area (Å²) in [5.41, 5.74) is 6.76. The van der Waals surface area contributed by atoms with E-state index >= 15 is 0 Å². The third-order valence-electron chi connectivity index (χ3n) is 2.52. The molecule has 2 rings (SSSR count). The molecule has 1 heterocycles.